The first-order valence-electron chi connectivity index (χ1n) is 10.8. The van der Waals surface area contributed by atoms with E-state index in [9.17, 15) is 4.79 Å². The number of hydrogen-bond donors (Lipinski definition) is 1. The molecule has 3 atom stereocenters. The highest BCUT2D eigenvalue weighted by molar-refractivity contribution is 7.11. The molecule has 1 amide bonds. The van der Waals surface area contributed by atoms with E-state index in [-0.39, 0.29) is 12.0 Å². The van der Waals surface area contributed by atoms with Gasteiger partial charge in [0.1, 0.15) is 10.8 Å². The summed E-state index contributed by atoms with van der Waals surface area (Å²) in [5.74, 6) is 0.648. The molecular formula is C25H37N3O3S. The van der Waals surface area contributed by atoms with E-state index in [1.54, 1.807) is 18.4 Å². The number of allylic oxidation sites excluding steroid dienone is 3. The van der Waals surface area contributed by atoms with Crippen molar-refractivity contribution in [2.45, 2.75) is 40.7 Å². The quantitative estimate of drug-likeness (QED) is 0.194. The Hall–Kier alpha value is -2.51. The van der Waals surface area contributed by atoms with E-state index in [1.807, 2.05) is 31.4 Å². The molecular weight excluding hydrogens is 422 g/mol. The van der Waals surface area contributed by atoms with E-state index in [0.717, 1.165) is 23.0 Å². The van der Waals surface area contributed by atoms with Crippen LogP contribution in [0, 0.1) is 17.8 Å². The predicted molar refractivity (Wildman–Crippen MR) is 135 cm³/mol. The number of aromatic nitrogens is 1. The van der Waals surface area contributed by atoms with Crippen LogP contribution >= 0.6 is 11.3 Å². The molecule has 0 fully saturated rings. The van der Waals surface area contributed by atoms with Crippen LogP contribution in [0.15, 0.2) is 52.6 Å². The molecule has 0 saturated heterocycles. The molecule has 2 N–H and O–H groups in total. The summed E-state index contributed by atoms with van der Waals surface area (Å²) < 4.78 is 10.8. The van der Waals surface area contributed by atoms with E-state index in [1.165, 1.54) is 13.2 Å². The molecule has 7 heteroatoms. The standard InChI is InChI=1S/C25H37N3O3S/c1-17(2)10-8-9-11-18(3)15-27-20(5)25-28-21(16-32-25)12-13-22(30-6)19(4)23(31-7)14-24(26)29/h8-14,16-19,22H,15H2,1-7H3,(H2,26,29)/b10-8+,11-9+,13-12+,23-14+,27-20?/t18-,19+,22-/m0/s1. The summed E-state index contributed by atoms with van der Waals surface area (Å²) >= 11 is 1.56. The van der Waals surface area contributed by atoms with Crippen LogP contribution in [0.2, 0.25) is 0 Å². The van der Waals surface area contributed by atoms with Gasteiger partial charge in [-0.2, -0.15) is 0 Å². The second kappa shape index (κ2) is 14.5. The molecule has 0 aliphatic carbocycles. The fraction of sp³-hybridized carbons (Fsp3) is 0.480. The highest BCUT2D eigenvalue weighted by Gasteiger charge is 2.20. The maximum absolute atomic E-state index is 11.2. The largest absolute Gasteiger partial charge is 0.501 e. The summed E-state index contributed by atoms with van der Waals surface area (Å²) in [7, 11) is 3.12. The highest BCUT2D eigenvalue weighted by Crippen LogP contribution is 2.20. The lowest BCUT2D eigenvalue weighted by atomic mass is 10.0. The van der Waals surface area contributed by atoms with Crippen molar-refractivity contribution in [3.05, 3.63) is 58.3 Å². The van der Waals surface area contributed by atoms with Crippen LogP contribution in [0.25, 0.3) is 6.08 Å². The molecule has 0 aliphatic rings. The minimum absolute atomic E-state index is 0.180. The van der Waals surface area contributed by atoms with Gasteiger partial charge < -0.3 is 15.2 Å². The zero-order valence-electron chi connectivity index (χ0n) is 20.2. The predicted octanol–water partition coefficient (Wildman–Crippen LogP) is 5.04. The number of rotatable bonds is 13. The van der Waals surface area contributed by atoms with Crippen molar-refractivity contribution in [3.8, 4) is 0 Å². The van der Waals surface area contributed by atoms with Gasteiger partial charge in [-0.3, -0.25) is 9.79 Å². The average molecular weight is 460 g/mol. The highest BCUT2D eigenvalue weighted by atomic mass is 32.1. The Morgan fingerprint density at radius 1 is 1.19 bits per heavy atom. The number of carbonyl (C=O) groups excluding carboxylic acids is 1. The second-order valence-corrected chi connectivity index (χ2v) is 8.85. The zero-order chi connectivity index (χ0) is 24.1. The van der Waals surface area contributed by atoms with E-state index in [0.29, 0.717) is 17.6 Å². The average Bonchev–Trinajstić information content (AvgIpc) is 3.22. The SMILES string of the molecule is CO/C(=C/C(N)=O)[C@H](C)[C@H](/C=C/c1csc(C(C)=NC[C@@H](C)/C=C/C=C/C(C)C)n1)OC. The normalized spacial score (nSPS) is 16.4. The first-order chi connectivity index (χ1) is 15.2. The molecule has 1 aromatic rings. The molecule has 1 rings (SSSR count). The molecule has 0 bridgehead atoms. The minimum Gasteiger partial charge on any atom is -0.501 e. The maximum atomic E-state index is 11.2. The van der Waals surface area contributed by atoms with Gasteiger partial charge in [0.2, 0.25) is 5.91 Å². The van der Waals surface area contributed by atoms with Gasteiger partial charge in [-0.05, 0) is 24.8 Å². The minimum atomic E-state index is -0.553. The summed E-state index contributed by atoms with van der Waals surface area (Å²) in [4.78, 5) is 20.5. The lowest BCUT2D eigenvalue weighted by molar-refractivity contribution is -0.113. The number of methoxy groups -OCH3 is 2. The van der Waals surface area contributed by atoms with Crippen molar-refractivity contribution in [2.24, 2.45) is 28.5 Å². The monoisotopic (exact) mass is 459 g/mol. The molecule has 176 valence electrons. The Morgan fingerprint density at radius 2 is 1.88 bits per heavy atom. The smallest absolute Gasteiger partial charge is 0.244 e. The number of primary amides is 1. The number of thiazole rings is 1. The lowest BCUT2D eigenvalue weighted by Crippen LogP contribution is -2.22. The Labute approximate surface area is 196 Å². The van der Waals surface area contributed by atoms with Crippen molar-refractivity contribution in [1.82, 2.24) is 4.98 Å². The summed E-state index contributed by atoms with van der Waals surface area (Å²) in [6.45, 7) is 11.1. The third-order valence-electron chi connectivity index (χ3n) is 4.69. The van der Waals surface area contributed by atoms with Gasteiger partial charge >= 0.3 is 0 Å². The van der Waals surface area contributed by atoms with Crippen LogP contribution < -0.4 is 5.73 Å². The summed E-state index contributed by atoms with van der Waals surface area (Å²) in [6, 6.07) is 0. The number of aliphatic imine (C=N–C) groups is 1. The van der Waals surface area contributed by atoms with Crippen LogP contribution in [0.5, 0.6) is 0 Å². The third-order valence-corrected chi connectivity index (χ3v) is 5.65. The Kier molecular flexibility index (Phi) is 12.5. The van der Waals surface area contributed by atoms with Crippen LogP contribution in [0.1, 0.15) is 45.3 Å². The summed E-state index contributed by atoms with van der Waals surface area (Å²) in [5, 5.41) is 2.88. The number of amides is 1. The van der Waals surface area contributed by atoms with Gasteiger partial charge in [0.25, 0.3) is 0 Å². The number of ether oxygens (including phenoxy) is 2. The fourth-order valence-electron chi connectivity index (χ4n) is 2.80. The molecule has 1 heterocycles. The van der Waals surface area contributed by atoms with Crippen LogP contribution in [0.3, 0.4) is 0 Å². The third kappa shape index (κ3) is 10.2. The number of hydrogen-bond acceptors (Lipinski definition) is 6. The first-order valence-corrected chi connectivity index (χ1v) is 11.6. The van der Waals surface area contributed by atoms with Crippen molar-refractivity contribution in [1.29, 1.82) is 0 Å². The molecule has 1 aromatic heterocycles. The van der Waals surface area contributed by atoms with E-state index < -0.39 is 5.91 Å². The van der Waals surface area contributed by atoms with Gasteiger partial charge in [-0.25, -0.2) is 4.98 Å². The van der Waals surface area contributed by atoms with Gasteiger partial charge in [-0.15, -0.1) is 11.3 Å². The van der Waals surface area contributed by atoms with Gasteiger partial charge in [0.05, 0.1) is 24.6 Å². The van der Waals surface area contributed by atoms with E-state index in [4.69, 9.17) is 20.2 Å². The zero-order valence-corrected chi connectivity index (χ0v) is 21.1. The number of nitrogens with two attached hydrogens (primary N) is 1. The fourth-order valence-corrected chi connectivity index (χ4v) is 3.56. The Morgan fingerprint density at radius 3 is 2.47 bits per heavy atom. The number of carbonyl (C=O) groups is 1. The van der Waals surface area contributed by atoms with Crippen molar-refractivity contribution in [2.75, 3.05) is 20.8 Å². The summed E-state index contributed by atoms with van der Waals surface area (Å²) in [5.41, 5.74) is 7.01. The molecule has 0 unspecified atom stereocenters. The van der Waals surface area contributed by atoms with E-state index in [2.05, 4.69) is 50.1 Å². The molecule has 0 spiro atoms. The van der Waals surface area contributed by atoms with Gasteiger partial charge in [0.15, 0.2) is 0 Å². The van der Waals surface area contributed by atoms with Crippen molar-refractivity contribution < 1.29 is 14.3 Å². The topological polar surface area (TPSA) is 86.8 Å². The lowest BCUT2D eigenvalue weighted by Gasteiger charge is -2.21. The van der Waals surface area contributed by atoms with Crippen LogP contribution in [0.4, 0.5) is 0 Å². The van der Waals surface area contributed by atoms with Gasteiger partial charge in [0, 0.05) is 31.0 Å². The van der Waals surface area contributed by atoms with Crippen molar-refractivity contribution in [3.63, 3.8) is 0 Å². The molecule has 0 aromatic carbocycles. The van der Waals surface area contributed by atoms with Crippen molar-refractivity contribution >= 4 is 29.0 Å². The van der Waals surface area contributed by atoms with Crippen LogP contribution in [-0.2, 0) is 14.3 Å². The van der Waals surface area contributed by atoms with Gasteiger partial charge in [-0.1, -0.05) is 58.1 Å². The molecule has 0 aliphatic heterocycles. The maximum Gasteiger partial charge on any atom is 0.244 e. The molecule has 6 nitrogen and oxygen atoms in total. The van der Waals surface area contributed by atoms with E-state index >= 15 is 0 Å². The Bertz CT molecular complexity index is 866. The first kappa shape index (κ1) is 27.5. The Balaban J connectivity index is 2.78. The summed E-state index contributed by atoms with van der Waals surface area (Å²) in [6.07, 6.45) is 13.3. The van der Waals surface area contributed by atoms with Crippen LogP contribution in [-0.4, -0.2) is 43.5 Å². The number of nitrogens with zero attached hydrogens (tertiary/aromatic N) is 2. The second-order valence-electron chi connectivity index (χ2n) is 8.00. The molecule has 32 heavy (non-hydrogen) atoms. The molecule has 0 saturated carbocycles. The molecule has 0 radical (unpaired) electrons.